The quantitative estimate of drug-likeness (QED) is 0.412. The molecule has 0 rings (SSSR count). The molecule has 0 unspecified atom stereocenters. The fourth-order valence-electron chi connectivity index (χ4n) is 1.59. The van der Waals surface area contributed by atoms with E-state index in [1.165, 1.54) is 64.2 Å². The van der Waals surface area contributed by atoms with E-state index in [9.17, 15) is 0 Å². The van der Waals surface area contributed by atoms with Gasteiger partial charge in [0.25, 0.3) is 0 Å². The van der Waals surface area contributed by atoms with E-state index < -0.39 is 0 Å². The number of hydrogen-bond acceptors (Lipinski definition) is 0. The highest BCUT2D eigenvalue weighted by atomic mass is 14.0. The second kappa shape index (κ2) is 12.0. The third kappa shape index (κ3) is 12.0. The van der Waals surface area contributed by atoms with Crippen LogP contribution in [0.2, 0.25) is 0 Å². The van der Waals surface area contributed by atoms with Gasteiger partial charge >= 0.3 is 0 Å². The molecule has 0 heterocycles. The molecule has 0 aliphatic heterocycles. The predicted molar refractivity (Wildman–Crippen MR) is 61.8 cm³/mol. The summed E-state index contributed by atoms with van der Waals surface area (Å²) < 4.78 is 0. The van der Waals surface area contributed by atoms with Crippen molar-refractivity contribution in [2.75, 3.05) is 0 Å². The predicted octanol–water partition coefficient (Wildman–Crippen LogP) is 5.13. The third-order valence-electron chi connectivity index (χ3n) is 2.50. The smallest absolute Gasteiger partial charge is 0.0386 e. The van der Waals surface area contributed by atoms with E-state index in [0.717, 1.165) is 0 Å². The molecular formula is C13H27. The summed E-state index contributed by atoms with van der Waals surface area (Å²) in [5, 5.41) is 0. The van der Waals surface area contributed by atoms with Crippen LogP contribution < -0.4 is 0 Å². The maximum Gasteiger partial charge on any atom is -0.0386 e. The highest BCUT2D eigenvalue weighted by Gasteiger charge is 1.91. The summed E-state index contributed by atoms with van der Waals surface area (Å²) in [5.74, 6) is 0. The van der Waals surface area contributed by atoms with Crippen LogP contribution in [0.3, 0.4) is 0 Å². The monoisotopic (exact) mass is 183 g/mol. The average Bonchev–Trinajstić information content (AvgIpc) is 2.16. The molecule has 0 spiro atoms. The maximum atomic E-state index is 2.45. The zero-order chi connectivity index (χ0) is 9.78. The molecule has 0 nitrogen and oxygen atoms in total. The zero-order valence-corrected chi connectivity index (χ0v) is 9.65. The van der Waals surface area contributed by atoms with Crippen LogP contribution in [-0.2, 0) is 0 Å². The van der Waals surface area contributed by atoms with Gasteiger partial charge in [0.15, 0.2) is 0 Å². The van der Waals surface area contributed by atoms with E-state index >= 15 is 0 Å². The lowest BCUT2D eigenvalue weighted by Crippen LogP contribution is -1.81. The van der Waals surface area contributed by atoms with Gasteiger partial charge in [0, 0.05) is 0 Å². The lowest BCUT2D eigenvalue weighted by atomic mass is 10.1. The van der Waals surface area contributed by atoms with Gasteiger partial charge in [-0.3, -0.25) is 0 Å². The van der Waals surface area contributed by atoms with Crippen LogP contribution in [0.1, 0.15) is 78.1 Å². The van der Waals surface area contributed by atoms with Crippen LogP contribution in [0.5, 0.6) is 0 Å². The van der Waals surface area contributed by atoms with Gasteiger partial charge in [-0.25, -0.2) is 0 Å². The molecule has 13 heavy (non-hydrogen) atoms. The van der Waals surface area contributed by atoms with Crippen molar-refractivity contribution in [3.63, 3.8) is 0 Å². The minimum atomic E-state index is 1.32. The number of unbranched alkanes of at least 4 members (excludes halogenated alkanes) is 10. The Morgan fingerprint density at radius 3 is 1.85 bits per heavy atom. The Balaban J connectivity index is 2.76. The number of hydrogen-bond donors (Lipinski definition) is 0. The second-order valence-corrected chi connectivity index (χ2v) is 3.99. The Kier molecular flexibility index (Phi) is 12.0. The third-order valence-corrected chi connectivity index (χ3v) is 2.50. The molecule has 0 bridgehead atoms. The fraction of sp³-hybridized carbons (Fsp3) is 0.923. The first-order valence-electron chi connectivity index (χ1n) is 6.23. The second-order valence-electron chi connectivity index (χ2n) is 3.99. The van der Waals surface area contributed by atoms with Crippen molar-refractivity contribution < 1.29 is 0 Å². The van der Waals surface area contributed by atoms with Crippen LogP contribution in [-0.4, -0.2) is 0 Å². The molecule has 0 N–H and O–H groups in total. The first-order valence-corrected chi connectivity index (χ1v) is 6.23. The minimum Gasteiger partial charge on any atom is -0.0654 e. The zero-order valence-electron chi connectivity index (χ0n) is 9.65. The van der Waals surface area contributed by atoms with Crippen molar-refractivity contribution in [2.24, 2.45) is 0 Å². The van der Waals surface area contributed by atoms with E-state index in [1.807, 2.05) is 0 Å². The van der Waals surface area contributed by atoms with Crippen LogP contribution in [0.15, 0.2) is 0 Å². The van der Waals surface area contributed by atoms with Crippen molar-refractivity contribution >= 4 is 0 Å². The molecule has 0 saturated heterocycles. The molecule has 0 atom stereocenters. The maximum absolute atomic E-state index is 2.45. The van der Waals surface area contributed by atoms with Gasteiger partial charge in [-0.05, 0) is 6.42 Å². The van der Waals surface area contributed by atoms with Crippen molar-refractivity contribution in [1.82, 2.24) is 0 Å². The van der Waals surface area contributed by atoms with Gasteiger partial charge in [-0.1, -0.05) is 78.1 Å². The molecule has 0 aliphatic rings. The molecule has 0 fully saturated rings. The van der Waals surface area contributed by atoms with Gasteiger partial charge in [0.2, 0.25) is 0 Å². The van der Waals surface area contributed by atoms with E-state index in [4.69, 9.17) is 0 Å². The summed E-state index contributed by atoms with van der Waals surface area (Å²) in [6.07, 6.45) is 16.5. The Morgan fingerprint density at radius 2 is 1.23 bits per heavy atom. The average molecular weight is 183 g/mol. The van der Waals surface area contributed by atoms with Gasteiger partial charge in [-0.15, -0.1) is 0 Å². The summed E-state index contributed by atoms with van der Waals surface area (Å²) in [6.45, 7) is 4.53. The number of rotatable bonds is 10. The molecule has 0 aromatic heterocycles. The molecular weight excluding hydrogens is 156 g/mol. The van der Waals surface area contributed by atoms with E-state index in [2.05, 4.69) is 20.3 Å². The van der Waals surface area contributed by atoms with Crippen molar-refractivity contribution in [1.29, 1.82) is 0 Å². The van der Waals surface area contributed by atoms with Gasteiger partial charge in [0.1, 0.15) is 0 Å². The standard InChI is InChI=1S/C13H27/c1-3-5-7-9-11-13-12-10-8-6-4-2/h7H,3-6,8-13H2,1-2H3. The Bertz CT molecular complexity index is 66.1. The van der Waals surface area contributed by atoms with Crippen LogP contribution in [0, 0.1) is 6.42 Å². The minimum absolute atomic E-state index is 1.32. The Labute approximate surface area is 85.1 Å². The summed E-state index contributed by atoms with van der Waals surface area (Å²) in [7, 11) is 0. The summed E-state index contributed by atoms with van der Waals surface area (Å²) in [5.41, 5.74) is 0. The van der Waals surface area contributed by atoms with E-state index in [1.54, 1.807) is 0 Å². The first kappa shape index (κ1) is 13.0. The highest BCUT2D eigenvalue weighted by Crippen LogP contribution is 2.10. The van der Waals surface area contributed by atoms with Crippen LogP contribution in [0.4, 0.5) is 0 Å². The molecule has 1 radical (unpaired) electrons. The highest BCUT2D eigenvalue weighted by molar-refractivity contribution is 4.62. The van der Waals surface area contributed by atoms with E-state index in [0.29, 0.717) is 0 Å². The fourth-order valence-corrected chi connectivity index (χ4v) is 1.59. The molecule has 0 saturated carbocycles. The molecule has 0 aliphatic carbocycles. The molecule has 0 aromatic rings. The lowest BCUT2D eigenvalue weighted by Gasteiger charge is -2.00. The molecule has 0 heteroatoms. The van der Waals surface area contributed by atoms with Crippen molar-refractivity contribution in [2.45, 2.75) is 78.1 Å². The summed E-state index contributed by atoms with van der Waals surface area (Å²) in [6, 6.07) is 0. The van der Waals surface area contributed by atoms with Crippen LogP contribution in [0.25, 0.3) is 0 Å². The Morgan fingerprint density at radius 1 is 0.615 bits per heavy atom. The topological polar surface area (TPSA) is 0 Å². The van der Waals surface area contributed by atoms with E-state index in [-0.39, 0.29) is 0 Å². The molecule has 0 amide bonds. The van der Waals surface area contributed by atoms with Gasteiger partial charge in [-0.2, -0.15) is 0 Å². The molecule has 0 aromatic carbocycles. The van der Waals surface area contributed by atoms with Gasteiger partial charge < -0.3 is 0 Å². The lowest BCUT2D eigenvalue weighted by molar-refractivity contribution is 0.584. The normalized spacial score (nSPS) is 10.6. The molecule has 79 valence electrons. The van der Waals surface area contributed by atoms with Crippen LogP contribution >= 0.6 is 0 Å². The van der Waals surface area contributed by atoms with Crippen molar-refractivity contribution in [3.05, 3.63) is 6.42 Å². The van der Waals surface area contributed by atoms with Crippen molar-refractivity contribution in [3.8, 4) is 0 Å². The first-order chi connectivity index (χ1) is 6.41. The van der Waals surface area contributed by atoms with Gasteiger partial charge in [0.05, 0.1) is 0 Å². The summed E-state index contributed by atoms with van der Waals surface area (Å²) >= 11 is 0. The Hall–Kier alpha value is 0. The summed E-state index contributed by atoms with van der Waals surface area (Å²) in [4.78, 5) is 0. The largest absolute Gasteiger partial charge is 0.0654 e. The SMILES string of the molecule is CCC[CH]CCCCCCCCC.